The topological polar surface area (TPSA) is 66.8 Å². The predicted octanol–water partition coefficient (Wildman–Crippen LogP) is 2.15. The number of hydrogen-bond donors (Lipinski definition) is 2. The van der Waals surface area contributed by atoms with Gasteiger partial charge in [0.25, 0.3) is 0 Å². The van der Waals surface area contributed by atoms with Gasteiger partial charge in [0.2, 0.25) is 0 Å². The van der Waals surface area contributed by atoms with Crippen molar-refractivity contribution in [1.29, 1.82) is 0 Å². The number of hydrogen-bond acceptors (Lipinski definition) is 4. The molecule has 2 aliphatic carbocycles. The van der Waals surface area contributed by atoms with Gasteiger partial charge in [-0.2, -0.15) is 0 Å². The number of cyclic esters (lactones) is 1. The molecule has 0 aromatic heterocycles. The molecule has 3 aliphatic rings. The Labute approximate surface area is 132 Å². The van der Waals surface area contributed by atoms with Crippen LogP contribution < -0.4 is 0 Å². The third kappa shape index (κ3) is 2.07. The van der Waals surface area contributed by atoms with Crippen LogP contribution in [-0.4, -0.2) is 35.0 Å². The maximum Gasteiger partial charge on any atom is 0.335 e. The maximum absolute atomic E-state index is 11.6. The fourth-order valence-electron chi connectivity index (χ4n) is 5.48. The number of carbonyl (C=O) groups is 1. The summed E-state index contributed by atoms with van der Waals surface area (Å²) in [6.07, 6.45) is 1.24. The summed E-state index contributed by atoms with van der Waals surface area (Å²) in [5, 5.41) is 19.8. The van der Waals surface area contributed by atoms with Crippen molar-refractivity contribution < 1.29 is 19.7 Å². The van der Waals surface area contributed by atoms with E-state index in [1.165, 1.54) is 0 Å². The molecule has 3 rings (SSSR count). The number of rotatable bonds is 3. The van der Waals surface area contributed by atoms with Crippen molar-refractivity contribution in [3.63, 3.8) is 0 Å². The first-order valence-electron chi connectivity index (χ1n) is 8.50. The molecule has 2 bridgehead atoms. The molecule has 0 amide bonds. The normalized spacial score (nSPS) is 48.1. The molecule has 1 saturated heterocycles. The van der Waals surface area contributed by atoms with Crippen LogP contribution in [-0.2, 0) is 9.53 Å². The van der Waals surface area contributed by atoms with Crippen LogP contribution in [0.2, 0.25) is 0 Å². The first-order valence-corrected chi connectivity index (χ1v) is 8.50. The van der Waals surface area contributed by atoms with Crippen molar-refractivity contribution in [2.24, 2.45) is 35.0 Å². The van der Waals surface area contributed by atoms with Gasteiger partial charge < -0.3 is 14.9 Å². The van der Waals surface area contributed by atoms with Crippen molar-refractivity contribution >= 4 is 5.97 Å². The van der Waals surface area contributed by atoms with Crippen LogP contribution in [0.5, 0.6) is 0 Å². The molecule has 2 N–H and O–H groups in total. The molecular weight excluding hydrogens is 280 g/mol. The van der Waals surface area contributed by atoms with E-state index < -0.39 is 12.1 Å². The quantitative estimate of drug-likeness (QED) is 0.619. The van der Waals surface area contributed by atoms with Gasteiger partial charge in [-0.05, 0) is 41.9 Å². The van der Waals surface area contributed by atoms with E-state index in [9.17, 15) is 15.0 Å². The zero-order chi connectivity index (χ0) is 16.2. The Kier molecular flexibility index (Phi) is 3.89. The second-order valence-corrected chi connectivity index (χ2v) is 8.01. The van der Waals surface area contributed by atoms with Crippen LogP contribution >= 0.6 is 0 Å². The van der Waals surface area contributed by atoms with Gasteiger partial charge in [-0.25, -0.2) is 4.79 Å². The van der Waals surface area contributed by atoms with Crippen molar-refractivity contribution in [2.75, 3.05) is 6.61 Å². The van der Waals surface area contributed by atoms with Gasteiger partial charge in [0.1, 0.15) is 6.10 Å². The summed E-state index contributed by atoms with van der Waals surface area (Å²) >= 11 is 0. The van der Waals surface area contributed by atoms with Gasteiger partial charge in [-0.15, -0.1) is 0 Å². The number of fused-ring (bicyclic) bond motifs is 2. The van der Waals surface area contributed by atoms with Crippen LogP contribution in [0, 0.1) is 35.0 Å². The van der Waals surface area contributed by atoms with Crippen molar-refractivity contribution in [3.8, 4) is 0 Å². The highest BCUT2D eigenvalue weighted by atomic mass is 16.6. The summed E-state index contributed by atoms with van der Waals surface area (Å²) < 4.78 is 5.47. The number of aliphatic hydroxyl groups is 2. The molecule has 124 valence electrons. The molecule has 7 atom stereocenters. The molecule has 0 radical (unpaired) electrons. The van der Waals surface area contributed by atoms with Crippen LogP contribution in [0.1, 0.15) is 40.0 Å². The summed E-state index contributed by atoms with van der Waals surface area (Å²) in [4.78, 5) is 11.6. The van der Waals surface area contributed by atoms with Gasteiger partial charge >= 0.3 is 5.97 Å². The fraction of sp³-hybridized carbons (Fsp3) is 0.833. The summed E-state index contributed by atoms with van der Waals surface area (Å²) in [7, 11) is 0. The number of carbonyl (C=O) groups excluding carboxylic acids is 1. The molecular formula is C18H28O4. The molecule has 3 fully saturated rings. The highest BCUT2D eigenvalue weighted by molar-refractivity contribution is 5.76. The standard InChI is InChI=1S/C18H28O4/c1-9(2)11-5-6-18(4)10(3)15(16(11)12(18)8-19)14-7-13(20)17(21)22-14/h9,11-16,19-20H,3,5-8H2,1-2,4H3/t11-,12+,13-,14+,15+,16+,18+/m1/s1. The number of aliphatic hydroxyl groups excluding tert-OH is 2. The first kappa shape index (κ1) is 16.0. The smallest absolute Gasteiger partial charge is 0.335 e. The monoisotopic (exact) mass is 308 g/mol. The fourth-order valence-corrected chi connectivity index (χ4v) is 5.48. The lowest BCUT2D eigenvalue weighted by Gasteiger charge is -2.44. The predicted molar refractivity (Wildman–Crippen MR) is 82.9 cm³/mol. The van der Waals surface area contributed by atoms with Crippen LogP contribution in [0.15, 0.2) is 12.2 Å². The van der Waals surface area contributed by atoms with E-state index in [0.717, 1.165) is 18.4 Å². The minimum atomic E-state index is -1.00. The Bertz CT molecular complexity index is 485. The minimum Gasteiger partial charge on any atom is -0.460 e. The molecule has 0 aromatic carbocycles. The van der Waals surface area contributed by atoms with E-state index in [2.05, 4.69) is 27.4 Å². The average molecular weight is 308 g/mol. The molecule has 0 spiro atoms. The van der Waals surface area contributed by atoms with Crippen molar-refractivity contribution in [2.45, 2.75) is 52.2 Å². The molecule has 2 saturated carbocycles. The van der Waals surface area contributed by atoms with Gasteiger partial charge in [0.05, 0.1) is 0 Å². The van der Waals surface area contributed by atoms with E-state index in [1.807, 2.05) is 0 Å². The molecule has 0 unspecified atom stereocenters. The molecule has 1 aliphatic heterocycles. The third-order valence-electron chi connectivity index (χ3n) is 6.77. The summed E-state index contributed by atoms with van der Waals surface area (Å²) in [5.74, 6) is 1.07. The summed E-state index contributed by atoms with van der Waals surface area (Å²) in [6.45, 7) is 11.2. The molecule has 1 heterocycles. The van der Waals surface area contributed by atoms with E-state index in [-0.39, 0.29) is 30.0 Å². The van der Waals surface area contributed by atoms with Gasteiger partial charge in [-0.1, -0.05) is 32.9 Å². The van der Waals surface area contributed by atoms with E-state index in [4.69, 9.17) is 4.74 Å². The first-order chi connectivity index (χ1) is 10.3. The molecule has 4 nitrogen and oxygen atoms in total. The zero-order valence-electron chi connectivity index (χ0n) is 13.8. The lowest BCUT2D eigenvalue weighted by molar-refractivity contribution is -0.149. The minimum absolute atomic E-state index is 0.0677. The highest BCUT2D eigenvalue weighted by Gasteiger charge is 2.61. The zero-order valence-corrected chi connectivity index (χ0v) is 13.8. The van der Waals surface area contributed by atoms with Gasteiger partial charge in [0.15, 0.2) is 6.10 Å². The Balaban J connectivity index is 1.98. The average Bonchev–Trinajstić information content (AvgIpc) is 2.83. The second-order valence-electron chi connectivity index (χ2n) is 8.01. The Morgan fingerprint density at radius 1 is 1.45 bits per heavy atom. The van der Waals surface area contributed by atoms with E-state index in [1.54, 1.807) is 0 Å². The van der Waals surface area contributed by atoms with E-state index in [0.29, 0.717) is 24.2 Å². The molecule has 0 aromatic rings. The van der Waals surface area contributed by atoms with Crippen LogP contribution in [0.4, 0.5) is 0 Å². The van der Waals surface area contributed by atoms with Gasteiger partial charge in [-0.3, -0.25) is 0 Å². The highest BCUT2D eigenvalue weighted by Crippen LogP contribution is 2.65. The van der Waals surface area contributed by atoms with Crippen LogP contribution in [0.25, 0.3) is 0 Å². The second kappa shape index (κ2) is 5.34. The Morgan fingerprint density at radius 3 is 2.64 bits per heavy atom. The van der Waals surface area contributed by atoms with E-state index >= 15 is 0 Å². The number of ether oxygens (including phenoxy) is 1. The summed E-state index contributed by atoms with van der Waals surface area (Å²) in [5.41, 5.74) is 1.04. The SMILES string of the molecule is C=C1[C@@H]([C@@H]2C[C@@H](O)C(=O)O2)[C@H]2[C@@H](C(C)C)CC[C@]1(C)[C@H]2CO. The Hall–Kier alpha value is -0.870. The largest absolute Gasteiger partial charge is 0.460 e. The van der Waals surface area contributed by atoms with Gasteiger partial charge in [0, 0.05) is 18.9 Å². The molecule has 4 heteroatoms. The Morgan fingerprint density at radius 2 is 2.14 bits per heavy atom. The number of esters is 1. The maximum atomic E-state index is 11.6. The van der Waals surface area contributed by atoms with Crippen molar-refractivity contribution in [3.05, 3.63) is 12.2 Å². The third-order valence-corrected chi connectivity index (χ3v) is 6.77. The molecule has 22 heavy (non-hydrogen) atoms. The summed E-state index contributed by atoms with van der Waals surface area (Å²) in [6, 6.07) is 0. The van der Waals surface area contributed by atoms with Crippen LogP contribution in [0.3, 0.4) is 0 Å². The van der Waals surface area contributed by atoms with Crippen molar-refractivity contribution in [1.82, 2.24) is 0 Å². The lowest BCUT2D eigenvalue weighted by Crippen LogP contribution is -2.41. The lowest BCUT2D eigenvalue weighted by atomic mass is 9.61.